The minimum atomic E-state index is -4.03. The average Bonchev–Trinajstić information content (AvgIpc) is 3.39. The Bertz CT molecular complexity index is 1470. The second-order valence-corrected chi connectivity index (χ2v) is 12.2. The molecule has 4 atom stereocenters. The van der Waals surface area contributed by atoms with Crippen LogP contribution in [0.25, 0.3) is 0 Å². The first-order valence-corrected chi connectivity index (χ1v) is 13.5. The van der Waals surface area contributed by atoms with Gasteiger partial charge < -0.3 is 15.0 Å². The van der Waals surface area contributed by atoms with Gasteiger partial charge >= 0.3 is 0 Å². The van der Waals surface area contributed by atoms with Crippen molar-refractivity contribution in [3.8, 4) is 0 Å². The summed E-state index contributed by atoms with van der Waals surface area (Å²) in [4.78, 5) is 16.8. The van der Waals surface area contributed by atoms with E-state index in [1.807, 2.05) is 0 Å². The molecule has 2 bridgehead atoms. The summed E-state index contributed by atoms with van der Waals surface area (Å²) in [5.41, 5.74) is -1.69. The van der Waals surface area contributed by atoms with Crippen LogP contribution in [0, 0.1) is 29.3 Å². The van der Waals surface area contributed by atoms with Crippen molar-refractivity contribution in [2.24, 2.45) is 18.9 Å². The molecule has 3 aromatic rings. The second-order valence-electron chi connectivity index (χ2n) is 9.76. The van der Waals surface area contributed by atoms with Gasteiger partial charge in [0.1, 0.15) is 11.4 Å². The van der Waals surface area contributed by atoms with Crippen LogP contribution in [0.2, 0.25) is 5.02 Å². The molecule has 1 heterocycles. The first-order chi connectivity index (χ1) is 17.4. The van der Waals surface area contributed by atoms with Gasteiger partial charge in [-0.15, -0.1) is 0 Å². The van der Waals surface area contributed by atoms with E-state index in [4.69, 9.17) is 11.6 Å². The molecule has 2 fully saturated rings. The molecule has 0 aliphatic heterocycles. The SMILES string of the molecule is Cn1ccnc1[C@]1(O)CC2CC[C@@H](C1)[C@H]2S(=O)(=O)c1cc(C(=O)Nc2cc(F)c(F)c(F)c2)ccc1Cl. The number of hydrogen-bond acceptors (Lipinski definition) is 5. The summed E-state index contributed by atoms with van der Waals surface area (Å²) in [6, 6.07) is 4.91. The molecule has 7 nitrogen and oxygen atoms in total. The molecule has 0 spiro atoms. The highest BCUT2D eigenvalue weighted by atomic mass is 35.5. The number of halogens is 4. The third-order valence-electron chi connectivity index (χ3n) is 7.37. The quantitative estimate of drug-likeness (QED) is 0.450. The van der Waals surface area contributed by atoms with E-state index in [9.17, 15) is 31.5 Å². The van der Waals surface area contributed by atoms with E-state index in [2.05, 4.69) is 10.3 Å². The lowest BCUT2D eigenvalue weighted by molar-refractivity contribution is -0.0337. The molecule has 5 rings (SSSR count). The van der Waals surface area contributed by atoms with Crippen molar-refractivity contribution >= 4 is 33.0 Å². The van der Waals surface area contributed by atoms with Crippen molar-refractivity contribution in [2.45, 2.75) is 41.4 Å². The molecule has 37 heavy (non-hydrogen) atoms. The number of sulfone groups is 1. The van der Waals surface area contributed by atoms with Crippen molar-refractivity contribution in [3.63, 3.8) is 0 Å². The highest BCUT2D eigenvalue weighted by Gasteiger charge is 2.55. The van der Waals surface area contributed by atoms with Crippen molar-refractivity contribution < 1.29 is 31.5 Å². The minimum Gasteiger partial charge on any atom is -0.382 e. The molecular formula is C25H23ClF3N3O4S. The van der Waals surface area contributed by atoms with Crippen LogP contribution in [0.4, 0.5) is 18.9 Å². The van der Waals surface area contributed by atoms with Gasteiger partial charge in [-0.25, -0.2) is 26.6 Å². The Hall–Kier alpha value is -2.89. The zero-order valence-electron chi connectivity index (χ0n) is 19.6. The summed E-state index contributed by atoms with van der Waals surface area (Å²) < 4.78 is 69.7. The molecule has 1 aromatic heterocycles. The zero-order valence-corrected chi connectivity index (χ0v) is 21.2. The fourth-order valence-electron chi connectivity index (χ4n) is 5.87. The fraction of sp³-hybridized carbons (Fsp3) is 0.360. The normalized spacial score (nSPS) is 25.3. The zero-order chi connectivity index (χ0) is 26.7. The molecular weight excluding hydrogens is 531 g/mol. The number of imidazole rings is 1. The second kappa shape index (κ2) is 9.14. The van der Waals surface area contributed by atoms with E-state index in [0.29, 0.717) is 30.8 Å². The molecule has 2 aliphatic carbocycles. The van der Waals surface area contributed by atoms with Crippen LogP contribution >= 0.6 is 11.6 Å². The van der Waals surface area contributed by atoms with Gasteiger partial charge in [-0.05, 0) is 55.7 Å². The number of carbonyl (C=O) groups is 1. The summed E-state index contributed by atoms with van der Waals surface area (Å²) in [5, 5.41) is 12.8. The summed E-state index contributed by atoms with van der Waals surface area (Å²) in [6.45, 7) is 0. The Balaban J connectivity index is 1.43. The van der Waals surface area contributed by atoms with Crippen molar-refractivity contribution in [2.75, 3.05) is 5.32 Å². The summed E-state index contributed by atoms with van der Waals surface area (Å²) >= 11 is 6.28. The van der Waals surface area contributed by atoms with Crippen LogP contribution in [0.15, 0.2) is 47.6 Å². The van der Waals surface area contributed by atoms with E-state index in [1.54, 1.807) is 24.0 Å². The van der Waals surface area contributed by atoms with E-state index in [0.717, 1.165) is 6.07 Å². The lowest BCUT2D eigenvalue weighted by Gasteiger charge is -2.40. The highest BCUT2D eigenvalue weighted by Crippen LogP contribution is 2.54. The smallest absolute Gasteiger partial charge is 0.255 e. The molecule has 0 radical (unpaired) electrons. The topological polar surface area (TPSA) is 101 Å². The van der Waals surface area contributed by atoms with Crippen LogP contribution in [-0.2, 0) is 22.5 Å². The predicted octanol–water partition coefficient (Wildman–Crippen LogP) is 4.59. The Labute approximate surface area is 216 Å². The Morgan fingerprint density at radius 1 is 1.14 bits per heavy atom. The molecule has 2 aromatic carbocycles. The van der Waals surface area contributed by atoms with Gasteiger partial charge in [-0.2, -0.15) is 0 Å². The maximum Gasteiger partial charge on any atom is 0.255 e. The summed E-state index contributed by atoms with van der Waals surface area (Å²) in [5.74, 6) is -5.68. The first-order valence-electron chi connectivity index (χ1n) is 11.6. The fourth-order valence-corrected chi connectivity index (χ4v) is 8.71. The molecule has 196 valence electrons. The molecule has 1 unspecified atom stereocenters. The third-order valence-corrected chi connectivity index (χ3v) is 10.3. The van der Waals surface area contributed by atoms with Crippen molar-refractivity contribution in [1.29, 1.82) is 0 Å². The van der Waals surface area contributed by atoms with Crippen LogP contribution in [-0.4, -0.2) is 34.2 Å². The van der Waals surface area contributed by atoms with Gasteiger partial charge in [0.2, 0.25) is 0 Å². The van der Waals surface area contributed by atoms with Crippen molar-refractivity contribution in [1.82, 2.24) is 9.55 Å². The Morgan fingerprint density at radius 3 is 2.32 bits per heavy atom. The van der Waals surface area contributed by atoms with Crippen LogP contribution in [0.5, 0.6) is 0 Å². The molecule has 2 N–H and O–H groups in total. The predicted molar refractivity (Wildman–Crippen MR) is 129 cm³/mol. The number of carbonyl (C=O) groups excluding carboxylic acids is 1. The lowest BCUT2D eigenvalue weighted by atomic mass is 9.76. The molecule has 1 amide bonds. The largest absolute Gasteiger partial charge is 0.382 e. The number of nitrogens with zero attached hydrogens (tertiary/aromatic N) is 2. The number of fused-ring (bicyclic) bond motifs is 2. The minimum absolute atomic E-state index is 0.0697. The number of anilines is 1. The van der Waals surface area contributed by atoms with Crippen LogP contribution < -0.4 is 5.32 Å². The molecule has 0 saturated heterocycles. The van der Waals surface area contributed by atoms with E-state index in [1.165, 1.54) is 12.1 Å². The Morgan fingerprint density at radius 2 is 1.76 bits per heavy atom. The Kier molecular flexibility index (Phi) is 6.36. The monoisotopic (exact) mass is 553 g/mol. The number of aromatic nitrogens is 2. The number of benzene rings is 2. The van der Waals surface area contributed by atoms with E-state index in [-0.39, 0.29) is 45.8 Å². The first kappa shape index (κ1) is 25.7. The van der Waals surface area contributed by atoms with Crippen LogP contribution in [0.3, 0.4) is 0 Å². The van der Waals surface area contributed by atoms with Gasteiger partial charge in [0.15, 0.2) is 27.3 Å². The van der Waals surface area contributed by atoms with E-state index >= 15 is 0 Å². The van der Waals surface area contributed by atoms with E-state index < -0.39 is 44.0 Å². The highest BCUT2D eigenvalue weighted by molar-refractivity contribution is 7.92. The van der Waals surface area contributed by atoms with Gasteiger partial charge in [-0.3, -0.25) is 4.79 Å². The number of aliphatic hydroxyl groups is 1. The third kappa shape index (κ3) is 4.42. The van der Waals surface area contributed by atoms with Gasteiger partial charge in [0, 0.05) is 42.8 Å². The number of hydrogen-bond donors (Lipinski definition) is 2. The summed E-state index contributed by atoms with van der Waals surface area (Å²) in [7, 11) is -2.25. The summed E-state index contributed by atoms with van der Waals surface area (Å²) in [6.07, 6.45) is 4.98. The number of rotatable bonds is 5. The number of amides is 1. The lowest BCUT2D eigenvalue weighted by Crippen LogP contribution is -2.45. The van der Waals surface area contributed by atoms with Gasteiger partial charge in [-0.1, -0.05) is 11.6 Å². The molecule has 2 saturated carbocycles. The van der Waals surface area contributed by atoms with Gasteiger partial charge in [0.25, 0.3) is 5.91 Å². The number of nitrogens with one attached hydrogen (secondary N) is 1. The maximum absolute atomic E-state index is 13.8. The standard InChI is InChI=1S/C25H23ClF3N3O4S/c1-32-7-6-30-24(32)25(34)11-14-2-3-15(12-25)22(14)37(35,36)20-8-13(4-5-17(20)26)23(33)31-16-9-18(27)21(29)19(28)10-16/h4-10,14-15,22,34H,2-3,11-12H2,1H3,(H,31,33)/t14-,15?,22+,25+/m0/s1. The maximum atomic E-state index is 13.8. The molecule has 12 heteroatoms. The number of aryl methyl sites for hydroxylation is 1. The van der Waals surface area contributed by atoms with Crippen molar-refractivity contribution in [3.05, 3.63) is 76.6 Å². The van der Waals surface area contributed by atoms with Crippen LogP contribution in [0.1, 0.15) is 41.9 Å². The van der Waals surface area contributed by atoms with Gasteiger partial charge in [0.05, 0.1) is 15.2 Å². The molecule has 2 aliphatic rings. The average molecular weight is 554 g/mol.